The van der Waals surface area contributed by atoms with Crippen molar-refractivity contribution in [1.82, 2.24) is 19.6 Å². The number of H-pyrrole nitrogens is 1. The van der Waals surface area contributed by atoms with E-state index in [0.29, 0.717) is 54.1 Å². The molecule has 7 aliphatic rings. The van der Waals surface area contributed by atoms with Gasteiger partial charge in [0.2, 0.25) is 5.88 Å². The van der Waals surface area contributed by atoms with Crippen LogP contribution in [-0.2, 0) is 19.5 Å². The third-order valence-electron chi connectivity index (χ3n) is 17.8. The van der Waals surface area contributed by atoms with E-state index < -0.39 is 37.5 Å². The summed E-state index contributed by atoms with van der Waals surface area (Å²) in [5.74, 6) is 0.180. The van der Waals surface area contributed by atoms with Crippen molar-refractivity contribution in [2.24, 2.45) is 11.3 Å². The minimum absolute atomic E-state index is 0.0370. The molecule has 12 rings (SSSR count). The number of nitrogens with zero attached hydrogens (tertiary/aromatic N) is 5. The molecule has 73 heavy (non-hydrogen) atoms. The molecular formula is C55H66N8O9S. The van der Waals surface area contributed by atoms with Crippen molar-refractivity contribution in [2.75, 3.05) is 61.7 Å². The number of pyridine rings is 1. The molecule has 18 heteroatoms. The number of nitro benzene ring substituents is 1. The van der Waals surface area contributed by atoms with Crippen LogP contribution < -0.4 is 29.3 Å². The lowest BCUT2D eigenvalue weighted by molar-refractivity contribution is -0.384. The lowest BCUT2D eigenvalue weighted by Gasteiger charge is -2.56. The zero-order valence-corrected chi connectivity index (χ0v) is 42.9. The van der Waals surface area contributed by atoms with Crippen molar-refractivity contribution in [3.05, 3.63) is 99.7 Å². The van der Waals surface area contributed by atoms with Gasteiger partial charge in [-0.25, -0.2) is 13.1 Å². The number of aromatic nitrogens is 2. The summed E-state index contributed by atoms with van der Waals surface area (Å²) in [5, 5.41) is 16.8. The molecule has 1 spiro atoms. The number of ether oxygens (including phenoxy) is 4. The molecule has 2 aromatic heterocycles. The van der Waals surface area contributed by atoms with E-state index in [1.807, 2.05) is 35.4 Å². The average molecular weight is 1020 g/mol. The van der Waals surface area contributed by atoms with E-state index in [2.05, 4.69) is 69.9 Å². The summed E-state index contributed by atoms with van der Waals surface area (Å²) in [6, 6.07) is 21.2. The van der Waals surface area contributed by atoms with Crippen molar-refractivity contribution < 1.29 is 37.1 Å². The van der Waals surface area contributed by atoms with Crippen LogP contribution in [0, 0.1) is 21.4 Å². The number of amides is 1. The number of rotatable bonds is 11. The first kappa shape index (κ1) is 48.0. The molecule has 3 aromatic carbocycles. The molecule has 0 unspecified atom stereocenters. The minimum Gasteiger partial charge on any atom is -0.489 e. The Bertz CT molecular complexity index is 3070. The number of methoxy groups -OCH3 is 1. The number of likely N-dealkylation sites (tertiary alicyclic amines) is 1. The Morgan fingerprint density at radius 2 is 1.75 bits per heavy atom. The number of piperidine rings is 1. The molecule has 3 N–H and O–H groups in total. The lowest BCUT2D eigenvalue weighted by Crippen LogP contribution is -2.55. The SMILES string of the molecule is COC1(C)CCC([C@H]2COc3cc(S(=O)(=O)NC(=O)c4ccc(N5CCC6(CC5)CC(N5CCC[C@H]5c5ccccc5C(C)C)C6)cc4N4c5cc6cc[nH]c6nc5O[C@H]5COC[C@@H]54)cc([N+](=O)[O-])c3N2)CC1. The normalized spacial score (nSPS) is 26.9. The van der Waals surface area contributed by atoms with E-state index in [1.165, 1.54) is 42.9 Å². The molecular weight excluding hydrogens is 949 g/mol. The topological polar surface area (TPSA) is 194 Å². The van der Waals surface area contributed by atoms with Gasteiger partial charge in [-0.05, 0) is 136 Å². The third-order valence-corrected chi connectivity index (χ3v) is 19.1. The number of carbonyl (C=O) groups excluding carboxylic acids is 1. The first-order chi connectivity index (χ1) is 35.2. The van der Waals surface area contributed by atoms with Gasteiger partial charge in [0.15, 0.2) is 11.4 Å². The fraction of sp³-hybridized carbons (Fsp3) is 0.527. The Labute approximate surface area is 426 Å². The summed E-state index contributed by atoms with van der Waals surface area (Å²) in [7, 11) is -2.98. The maximum atomic E-state index is 14.8. The number of nitro groups is 1. The van der Waals surface area contributed by atoms with Crippen LogP contribution in [-0.4, -0.2) is 111 Å². The van der Waals surface area contributed by atoms with E-state index in [4.69, 9.17) is 23.9 Å². The quantitative estimate of drug-likeness (QED) is 0.0837. The molecule has 386 valence electrons. The van der Waals surface area contributed by atoms with Crippen molar-refractivity contribution in [2.45, 2.75) is 132 Å². The van der Waals surface area contributed by atoms with Gasteiger partial charge in [-0.2, -0.15) is 4.98 Å². The molecule has 5 aliphatic heterocycles. The number of aromatic amines is 1. The van der Waals surface area contributed by atoms with Gasteiger partial charge < -0.3 is 39.0 Å². The molecule has 1 amide bonds. The van der Waals surface area contributed by atoms with Gasteiger partial charge in [0.25, 0.3) is 21.6 Å². The molecule has 2 saturated carbocycles. The van der Waals surface area contributed by atoms with E-state index in [9.17, 15) is 23.3 Å². The number of fused-ring (bicyclic) bond motifs is 4. The highest BCUT2D eigenvalue weighted by molar-refractivity contribution is 7.90. The maximum Gasteiger partial charge on any atom is 0.297 e. The minimum atomic E-state index is -4.69. The van der Waals surface area contributed by atoms with E-state index in [1.54, 1.807) is 13.2 Å². The number of hydrogen-bond acceptors (Lipinski definition) is 14. The summed E-state index contributed by atoms with van der Waals surface area (Å²) in [6.45, 7) is 10.3. The molecule has 4 atom stereocenters. The number of carbonyl (C=O) groups is 1. The highest BCUT2D eigenvalue weighted by Gasteiger charge is 2.51. The number of hydrogen-bond donors (Lipinski definition) is 3. The molecule has 0 radical (unpaired) electrons. The van der Waals surface area contributed by atoms with Crippen LogP contribution in [0.25, 0.3) is 11.0 Å². The Morgan fingerprint density at radius 3 is 2.52 bits per heavy atom. The molecule has 0 bridgehead atoms. The van der Waals surface area contributed by atoms with Gasteiger partial charge in [-0.15, -0.1) is 0 Å². The largest absolute Gasteiger partial charge is 0.489 e. The maximum absolute atomic E-state index is 14.8. The van der Waals surface area contributed by atoms with Crippen LogP contribution in [0.3, 0.4) is 0 Å². The zero-order valence-electron chi connectivity index (χ0n) is 42.1. The Hall–Kier alpha value is -5.95. The van der Waals surface area contributed by atoms with Crippen molar-refractivity contribution in [3.63, 3.8) is 0 Å². The van der Waals surface area contributed by atoms with Gasteiger partial charge >= 0.3 is 0 Å². The summed E-state index contributed by atoms with van der Waals surface area (Å²) in [6.07, 6.45) is 11.7. The second-order valence-corrected chi connectivity index (χ2v) is 24.0. The van der Waals surface area contributed by atoms with Gasteiger partial charge in [0.05, 0.1) is 52.0 Å². The highest BCUT2D eigenvalue weighted by Crippen LogP contribution is 2.55. The summed E-state index contributed by atoms with van der Waals surface area (Å²) >= 11 is 0. The first-order valence-corrected chi connectivity index (χ1v) is 27.8. The van der Waals surface area contributed by atoms with Crippen molar-refractivity contribution in [3.8, 4) is 11.6 Å². The third kappa shape index (κ3) is 8.64. The molecule has 7 heterocycles. The van der Waals surface area contributed by atoms with Crippen molar-refractivity contribution in [1.29, 1.82) is 0 Å². The van der Waals surface area contributed by atoms with Gasteiger partial charge in [-0.3, -0.25) is 19.8 Å². The average Bonchev–Trinajstić information content (AvgIpc) is 4.18. The molecule has 5 fully saturated rings. The van der Waals surface area contributed by atoms with Gasteiger partial charge in [0.1, 0.15) is 24.0 Å². The number of anilines is 4. The second kappa shape index (κ2) is 18.5. The van der Waals surface area contributed by atoms with E-state index in [-0.39, 0.29) is 52.6 Å². The smallest absolute Gasteiger partial charge is 0.297 e. The fourth-order valence-electron chi connectivity index (χ4n) is 13.4. The highest BCUT2D eigenvalue weighted by atomic mass is 32.2. The Kier molecular flexibility index (Phi) is 12.1. The second-order valence-electron chi connectivity index (χ2n) is 22.3. The zero-order chi connectivity index (χ0) is 50.4. The number of benzene rings is 3. The Balaban J connectivity index is 0.819. The molecule has 2 aliphatic carbocycles. The van der Waals surface area contributed by atoms with Crippen molar-refractivity contribution >= 4 is 55.4 Å². The number of sulfonamides is 1. The van der Waals surface area contributed by atoms with E-state index >= 15 is 0 Å². The lowest BCUT2D eigenvalue weighted by atomic mass is 9.59. The molecule has 17 nitrogen and oxygen atoms in total. The predicted octanol–water partition coefficient (Wildman–Crippen LogP) is 9.37. The van der Waals surface area contributed by atoms with Gasteiger partial charge in [-0.1, -0.05) is 38.1 Å². The van der Waals surface area contributed by atoms with Crippen LogP contribution in [0.2, 0.25) is 0 Å². The Morgan fingerprint density at radius 1 is 0.959 bits per heavy atom. The summed E-state index contributed by atoms with van der Waals surface area (Å²) in [4.78, 5) is 41.5. The standard InChI is InChI=1S/C55H66N8O9S/c1-33(2)39-8-5-6-9-40(39)43-10-7-21-61(43)37-28-55(29-37)18-22-60(23-19-55)36-11-12-41(44(25-36)62-46-24-35-15-20-56-51(35)58-53(46)72-49-32-70-31-47(49)62)52(64)59-73(67,68)38-26-45(63(65)66)50-48(27-38)71-30-42(57-50)34-13-16-54(3,69-4)17-14-34/h5-6,8-9,11-12,15,20,24-27,33-34,37,42-43,47,49,57H,7,10,13-14,16-19,21-23,28-32H2,1-4H3,(H,56,58)(H,59,64)/t34?,42-,43+,47+,49+,54?/m1/s1. The van der Waals surface area contributed by atoms with Crippen LogP contribution in [0.15, 0.2) is 77.8 Å². The fourth-order valence-corrected chi connectivity index (χ4v) is 14.4. The summed E-state index contributed by atoms with van der Waals surface area (Å²) in [5.41, 5.74) is 5.45. The number of nitrogens with one attached hydrogen (secondary N) is 3. The predicted molar refractivity (Wildman–Crippen MR) is 278 cm³/mol. The first-order valence-electron chi connectivity index (χ1n) is 26.3. The van der Waals surface area contributed by atoms with Crippen LogP contribution in [0.5, 0.6) is 11.6 Å². The molecule has 3 saturated heterocycles. The molecule has 5 aromatic rings. The van der Waals surface area contributed by atoms with Crippen LogP contribution >= 0.6 is 0 Å². The summed E-state index contributed by atoms with van der Waals surface area (Å²) < 4.78 is 55.4. The van der Waals surface area contributed by atoms with Crippen LogP contribution in [0.4, 0.5) is 28.4 Å². The van der Waals surface area contributed by atoms with Gasteiger partial charge in [0, 0.05) is 61.7 Å². The monoisotopic (exact) mass is 1010 g/mol. The van der Waals surface area contributed by atoms with Crippen LogP contribution in [0.1, 0.15) is 118 Å². The van der Waals surface area contributed by atoms with E-state index in [0.717, 1.165) is 75.3 Å².